The van der Waals surface area contributed by atoms with Crippen LogP contribution in [-0.4, -0.2) is 34.5 Å². The van der Waals surface area contributed by atoms with E-state index >= 15 is 0 Å². The van der Waals surface area contributed by atoms with E-state index in [9.17, 15) is 0 Å². The smallest absolute Gasteiger partial charge is 0.0798 e. The Morgan fingerprint density at radius 3 is 2.57 bits per heavy atom. The topological polar surface area (TPSA) is 65.4 Å². The summed E-state index contributed by atoms with van der Waals surface area (Å²) in [6, 6.07) is -0.140. The molecule has 3 N–H and O–H groups in total. The average molecular weight is 216 g/mol. The van der Waals surface area contributed by atoms with Crippen LogP contribution >= 0.6 is 11.3 Å². The van der Waals surface area contributed by atoms with Gasteiger partial charge in [-0.15, -0.1) is 11.3 Å². The lowest BCUT2D eigenvalue weighted by Gasteiger charge is -2.19. The lowest BCUT2D eigenvalue weighted by molar-refractivity contribution is 0.164. The highest BCUT2D eigenvalue weighted by Crippen LogP contribution is 2.21. The van der Waals surface area contributed by atoms with Crippen molar-refractivity contribution < 1.29 is 10.2 Å². The zero-order chi connectivity index (χ0) is 10.6. The highest BCUT2D eigenvalue weighted by molar-refractivity contribution is 7.09. The summed E-state index contributed by atoms with van der Waals surface area (Å²) in [5.41, 5.74) is 2.81. The Hall–Kier alpha value is -0.490. The predicted octanol–water partition coefficient (Wildman–Crippen LogP) is 0.455. The summed E-state index contributed by atoms with van der Waals surface area (Å²) in [7, 11) is 0. The van der Waals surface area contributed by atoms with E-state index in [0.717, 1.165) is 10.6 Å². The number of aliphatic hydroxyl groups is 2. The van der Waals surface area contributed by atoms with Crippen molar-refractivity contribution in [2.75, 3.05) is 13.2 Å². The fourth-order valence-electron chi connectivity index (χ4n) is 1.32. The Morgan fingerprint density at radius 1 is 1.50 bits per heavy atom. The fraction of sp³-hybridized carbons (Fsp3) is 0.667. The summed E-state index contributed by atoms with van der Waals surface area (Å²) < 4.78 is 0. The molecule has 0 aliphatic heterocycles. The number of thiazole rings is 1. The second-order valence-corrected chi connectivity index (χ2v) is 4.14. The molecule has 1 aromatic heterocycles. The van der Waals surface area contributed by atoms with Gasteiger partial charge in [0.05, 0.1) is 30.5 Å². The maximum Gasteiger partial charge on any atom is 0.0798 e. The van der Waals surface area contributed by atoms with Crippen LogP contribution < -0.4 is 5.32 Å². The second-order valence-electron chi connectivity index (χ2n) is 3.25. The SMILES string of the molecule is Cc1ncsc1C(C)NC(CO)CO. The third-order valence-corrected chi connectivity index (χ3v) is 3.22. The highest BCUT2D eigenvalue weighted by atomic mass is 32.1. The molecule has 1 heterocycles. The standard InChI is InChI=1S/C9H16N2O2S/c1-6-9(14-5-10-6)7(2)11-8(3-12)4-13/h5,7-8,11-13H,3-4H2,1-2H3. The van der Waals surface area contributed by atoms with E-state index in [1.165, 1.54) is 0 Å². The second kappa shape index (κ2) is 5.41. The molecule has 1 unspecified atom stereocenters. The normalized spacial score (nSPS) is 13.5. The minimum atomic E-state index is -0.258. The van der Waals surface area contributed by atoms with Crippen molar-refractivity contribution >= 4 is 11.3 Å². The van der Waals surface area contributed by atoms with Crippen molar-refractivity contribution in [1.82, 2.24) is 10.3 Å². The van der Waals surface area contributed by atoms with Crippen LogP contribution in [0.5, 0.6) is 0 Å². The third-order valence-electron chi connectivity index (χ3n) is 2.10. The number of aromatic nitrogens is 1. The number of hydrogen-bond donors (Lipinski definition) is 3. The van der Waals surface area contributed by atoms with E-state index in [2.05, 4.69) is 10.3 Å². The van der Waals surface area contributed by atoms with Gasteiger partial charge < -0.3 is 15.5 Å². The molecule has 0 bridgehead atoms. The Kier molecular flexibility index (Phi) is 4.47. The predicted molar refractivity (Wildman–Crippen MR) is 56.4 cm³/mol. The van der Waals surface area contributed by atoms with E-state index in [1.807, 2.05) is 13.8 Å². The van der Waals surface area contributed by atoms with Crippen molar-refractivity contribution in [1.29, 1.82) is 0 Å². The molecular formula is C9H16N2O2S. The van der Waals surface area contributed by atoms with Crippen LogP contribution in [0.4, 0.5) is 0 Å². The molecule has 14 heavy (non-hydrogen) atoms. The van der Waals surface area contributed by atoms with Gasteiger partial charge in [0.15, 0.2) is 0 Å². The number of aryl methyl sites for hydroxylation is 1. The van der Waals surface area contributed by atoms with Gasteiger partial charge in [-0.3, -0.25) is 0 Å². The maximum absolute atomic E-state index is 8.91. The van der Waals surface area contributed by atoms with E-state index in [-0.39, 0.29) is 25.3 Å². The van der Waals surface area contributed by atoms with Gasteiger partial charge in [0.25, 0.3) is 0 Å². The lowest BCUT2D eigenvalue weighted by Crippen LogP contribution is -2.37. The van der Waals surface area contributed by atoms with Crippen LogP contribution in [-0.2, 0) is 0 Å². The molecular weight excluding hydrogens is 200 g/mol. The third kappa shape index (κ3) is 2.75. The van der Waals surface area contributed by atoms with Crippen LogP contribution in [0.3, 0.4) is 0 Å². The molecule has 0 amide bonds. The molecule has 0 fully saturated rings. The highest BCUT2D eigenvalue weighted by Gasteiger charge is 2.14. The monoisotopic (exact) mass is 216 g/mol. The molecule has 80 valence electrons. The Morgan fingerprint density at radius 2 is 2.14 bits per heavy atom. The van der Waals surface area contributed by atoms with Gasteiger partial charge in [-0.05, 0) is 13.8 Å². The van der Waals surface area contributed by atoms with Gasteiger partial charge in [0.1, 0.15) is 0 Å². The number of rotatable bonds is 5. The number of nitrogens with one attached hydrogen (secondary N) is 1. The van der Waals surface area contributed by atoms with Gasteiger partial charge in [0, 0.05) is 10.9 Å². The van der Waals surface area contributed by atoms with Crippen LogP contribution in [0.15, 0.2) is 5.51 Å². The summed E-state index contributed by atoms with van der Waals surface area (Å²) in [6.07, 6.45) is 0. The van der Waals surface area contributed by atoms with Gasteiger partial charge in [-0.1, -0.05) is 0 Å². The summed E-state index contributed by atoms with van der Waals surface area (Å²) in [5.74, 6) is 0. The summed E-state index contributed by atoms with van der Waals surface area (Å²) >= 11 is 1.58. The van der Waals surface area contributed by atoms with Crippen molar-refractivity contribution in [3.8, 4) is 0 Å². The molecule has 1 rings (SSSR count). The Bertz CT molecular complexity index is 274. The number of aliphatic hydroxyl groups excluding tert-OH is 2. The summed E-state index contributed by atoms with van der Waals surface area (Å²) in [4.78, 5) is 5.30. The van der Waals surface area contributed by atoms with E-state index in [4.69, 9.17) is 10.2 Å². The van der Waals surface area contributed by atoms with Crippen LogP contribution in [0.1, 0.15) is 23.5 Å². The molecule has 1 atom stereocenters. The first kappa shape index (κ1) is 11.6. The van der Waals surface area contributed by atoms with Gasteiger partial charge in [-0.2, -0.15) is 0 Å². The van der Waals surface area contributed by atoms with E-state index in [0.29, 0.717) is 0 Å². The molecule has 4 nitrogen and oxygen atoms in total. The molecule has 0 saturated carbocycles. The van der Waals surface area contributed by atoms with Gasteiger partial charge >= 0.3 is 0 Å². The lowest BCUT2D eigenvalue weighted by atomic mass is 10.2. The molecule has 0 aliphatic carbocycles. The largest absolute Gasteiger partial charge is 0.395 e. The molecule has 0 radical (unpaired) electrons. The van der Waals surface area contributed by atoms with Crippen LogP contribution in [0, 0.1) is 6.92 Å². The van der Waals surface area contributed by atoms with E-state index < -0.39 is 0 Å². The first-order valence-corrected chi connectivity index (χ1v) is 5.44. The molecule has 0 spiro atoms. The summed E-state index contributed by atoms with van der Waals surface area (Å²) in [5, 5.41) is 20.9. The molecule has 1 aromatic rings. The average Bonchev–Trinajstić information content (AvgIpc) is 2.60. The Labute approximate surface area is 87.6 Å². The van der Waals surface area contributed by atoms with Gasteiger partial charge in [0.2, 0.25) is 0 Å². The fourth-order valence-corrected chi connectivity index (χ4v) is 2.14. The first-order valence-electron chi connectivity index (χ1n) is 4.56. The Balaban J connectivity index is 2.58. The van der Waals surface area contributed by atoms with Crippen molar-refractivity contribution in [3.63, 3.8) is 0 Å². The molecule has 0 aromatic carbocycles. The zero-order valence-electron chi connectivity index (χ0n) is 8.40. The minimum Gasteiger partial charge on any atom is -0.395 e. The van der Waals surface area contributed by atoms with Crippen molar-refractivity contribution in [2.24, 2.45) is 0 Å². The molecule has 0 saturated heterocycles. The van der Waals surface area contributed by atoms with Gasteiger partial charge in [-0.25, -0.2) is 4.98 Å². The first-order chi connectivity index (χ1) is 6.69. The minimum absolute atomic E-state index is 0.0569. The van der Waals surface area contributed by atoms with Crippen LogP contribution in [0.2, 0.25) is 0 Å². The van der Waals surface area contributed by atoms with E-state index in [1.54, 1.807) is 16.8 Å². The number of nitrogens with zero attached hydrogens (tertiary/aromatic N) is 1. The van der Waals surface area contributed by atoms with Crippen LogP contribution in [0.25, 0.3) is 0 Å². The quantitative estimate of drug-likeness (QED) is 0.669. The number of hydrogen-bond acceptors (Lipinski definition) is 5. The molecule has 0 aliphatic rings. The maximum atomic E-state index is 8.91. The summed E-state index contributed by atoms with van der Waals surface area (Å²) in [6.45, 7) is 3.84. The zero-order valence-corrected chi connectivity index (χ0v) is 9.21. The van der Waals surface area contributed by atoms with Crippen molar-refractivity contribution in [3.05, 3.63) is 16.1 Å². The van der Waals surface area contributed by atoms with Crippen molar-refractivity contribution in [2.45, 2.75) is 25.9 Å². The molecule has 5 heteroatoms.